The molecule has 1 rings (SSSR count). The van der Waals surface area contributed by atoms with Gasteiger partial charge in [0.25, 0.3) is 0 Å². The molecular formula is C11H16ClN3O. The van der Waals surface area contributed by atoms with Gasteiger partial charge in [-0.3, -0.25) is 4.99 Å². The van der Waals surface area contributed by atoms with Crippen LogP contribution in [0.5, 0.6) is 0 Å². The van der Waals surface area contributed by atoms with Crippen LogP contribution >= 0.6 is 11.6 Å². The molecule has 0 aliphatic heterocycles. The fourth-order valence-electron chi connectivity index (χ4n) is 1.26. The third-order valence-electron chi connectivity index (χ3n) is 2.03. The molecule has 0 spiro atoms. The minimum absolute atomic E-state index is 0.584. The van der Waals surface area contributed by atoms with E-state index in [0.717, 1.165) is 11.4 Å². The molecule has 4 nitrogen and oxygen atoms in total. The number of nitrogens with zero attached hydrogens (tertiary/aromatic N) is 1. The van der Waals surface area contributed by atoms with Crippen molar-refractivity contribution in [1.82, 2.24) is 5.43 Å². The first-order chi connectivity index (χ1) is 7.76. The molecule has 0 fully saturated rings. The summed E-state index contributed by atoms with van der Waals surface area (Å²) in [6, 6.07) is 7.61. The number of nitrogens with two attached hydrogens (primary N) is 1. The van der Waals surface area contributed by atoms with Gasteiger partial charge in [0.15, 0.2) is 0 Å². The van der Waals surface area contributed by atoms with Gasteiger partial charge in [0.05, 0.1) is 13.2 Å². The molecule has 3 N–H and O–H groups in total. The lowest BCUT2D eigenvalue weighted by atomic mass is 10.1. The Labute approximate surface area is 100 Å². The summed E-state index contributed by atoms with van der Waals surface area (Å²) in [5, 5.41) is 0.714. The van der Waals surface area contributed by atoms with Crippen molar-refractivity contribution in [3.8, 4) is 0 Å². The first-order valence-corrected chi connectivity index (χ1v) is 5.37. The van der Waals surface area contributed by atoms with Gasteiger partial charge in [0, 0.05) is 18.6 Å². The van der Waals surface area contributed by atoms with Crippen LogP contribution in [0.15, 0.2) is 29.3 Å². The molecule has 1 aromatic rings. The van der Waals surface area contributed by atoms with Crippen molar-refractivity contribution >= 4 is 17.4 Å². The number of hydrogen-bond donors (Lipinski definition) is 2. The van der Waals surface area contributed by atoms with E-state index in [4.69, 9.17) is 22.2 Å². The Morgan fingerprint density at radius 3 is 3.00 bits per heavy atom. The number of hydrazine groups is 1. The summed E-state index contributed by atoms with van der Waals surface area (Å²) >= 11 is 5.89. The number of halogens is 1. The highest BCUT2D eigenvalue weighted by molar-refractivity contribution is 6.30. The molecule has 0 saturated carbocycles. The van der Waals surface area contributed by atoms with Crippen LogP contribution in [0.3, 0.4) is 0 Å². The Balaban J connectivity index is 2.59. The summed E-state index contributed by atoms with van der Waals surface area (Å²) in [5.41, 5.74) is 3.65. The minimum Gasteiger partial charge on any atom is -0.383 e. The molecule has 16 heavy (non-hydrogen) atoms. The van der Waals surface area contributed by atoms with Gasteiger partial charge in [0.1, 0.15) is 5.84 Å². The van der Waals surface area contributed by atoms with Crippen LogP contribution in [0.2, 0.25) is 5.02 Å². The van der Waals surface area contributed by atoms with E-state index in [2.05, 4.69) is 10.4 Å². The fraction of sp³-hybridized carbons (Fsp3) is 0.364. The molecule has 0 radical (unpaired) electrons. The zero-order valence-electron chi connectivity index (χ0n) is 9.24. The number of nitrogens with one attached hydrogen (secondary N) is 1. The summed E-state index contributed by atoms with van der Waals surface area (Å²) in [6.45, 7) is 1.18. The maximum Gasteiger partial charge on any atom is 0.115 e. The average Bonchev–Trinajstić information content (AvgIpc) is 2.28. The summed E-state index contributed by atoms with van der Waals surface area (Å²) in [7, 11) is 1.64. The molecule has 0 aliphatic carbocycles. The Bertz CT molecular complexity index is 355. The van der Waals surface area contributed by atoms with E-state index in [9.17, 15) is 0 Å². The molecule has 0 aromatic heterocycles. The molecular weight excluding hydrogens is 226 g/mol. The first-order valence-electron chi connectivity index (χ1n) is 4.99. The standard InChI is InChI=1S/C11H16ClN3O/c1-16-6-5-14-11(15-13)8-9-3-2-4-10(12)7-9/h2-4,7H,5-6,8,13H2,1H3,(H,14,15). The highest BCUT2D eigenvalue weighted by Crippen LogP contribution is 2.11. The number of aliphatic imine (C=N–C) groups is 1. The second kappa shape index (κ2) is 7.22. The molecule has 0 aliphatic rings. The van der Waals surface area contributed by atoms with Gasteiger partial charge in [-0.1, -0.05) is 23.7 Å². The van der Waals surface area contributed by atoms with E-state index in [0.29, 0.717) is 24.6 Å². The SMILES string of the molecule is COCCN=C(Cc1cccc(Cl)c1)NN. The molecule has 0 heterocycles. The maximum atomic E-state index is 5.89. The predicted octanol–water partition coefficient (Wildman–Crippen LogP) is 1.39. The zero-order valence-corrected chi connectivity index (χ0v) is 10.00. The second-order valence-corrected chi connectivity index (χ2v) is 3.71. The highest BCUT2D eigenvalue weighted by atomic mass is 35.5. The van der Waals surface area contributed by atoms with Crippen LogP contribution in [0, 0.1) is 0 Å². The number of amidine groups is 1. The molecule has 88 valence electrons. The third-order valence-corrected chi connectivity index (χ3v) is 2.26. The van der Waals surface area contributed by atoms with Gasteiger partial charge >= 0.3 is 0 Å². The van der Waals surface area contributed by atoms with E-state index in [-0.39, 0.29) is 0 Å². The van der Waals surface area contributed by atoms with Crippen molar-refractivity contribution in [3.05, 3.63) is 34.9 Å². The normalized spacial score (nSPS) is 11.6. The lowest BCUT2D eigenvalue weighted by Crippen LogP contribution is -2.32. The number of rotatable bonds is 5. The summed E-state index contributed by atoms with van der Waals surface area (Å²) < 4.78 is 4.91. The predicted molar refractivity (Wildman–Crippen MR) is 66.7 cm³/mol. The lowest BCUT2D eigenvalue weighted by molar-refractivity contribution is 0.208. The fourth-order valence-corrected chi connectivity index (χ4v) is 1.48. The zero-order chi connectivity index (χ0) is 11.8. The molecule has 0 unspecified atom stereocenters. The topological polar surface area (TPSA) is 59.6 Å². The number of methoxy groups -OCH3 is 1. The van der Waals surface area contributed by atoms with Crippen molar-refractivity contribution in [2.24, 2.45) is 10.8 Å². The number of benzene rings is 1. The highest BCUT2D eigenvalue weighted by Gasteiger charge is 2.00. The van der Waals surface area contributed by atoms with Gasteiger partial charge in [-0.05, 0) is 17.7 Å². The van der Waals surface area contributed by atoms with E-state index >= 15 is 0 Å². The van der Waals surface area contributed by atoms with Gasteiger partial charge in [-0.25, -0.2) is 5.84 Å². The Kier molecular flexibility index (Phi) is 5.85. The van der Waals surface area contributed by atoms with E-state index < -0.39 is 0 Å². The van der Waals surface area contributed by atoms with E-state index in [1.807, 2.05) is 24.3 Å². The van der Waals surface area contributed by atoms with Crippen LogP contribution in [-0.4, -0.2) is 26.1 Å². The molecule has 5 heteroatoms. The number of hydrogen-bond acceptors (Lipinski definition) is 3. The van der Waals surface area contributed by atoms with Crippen molar-refractivity contribution in [3.63, 3.8) is 0 Å². The van der Waals surface area contributed by atoms with Gasteiger partial charge < -0.3 is 10.2 Å². The summed E-state index contributed by atoms with van der Waals surface area (Å²) in [4.78, 5) is 4.27. The third kappa shape index (κ3) is 4.61. The smallest absolute Gasteiger partial charge is 0.115 e. The summed E-state index contributed by atoms with van der Waals surface area (Å²) in [6.07, 6.45) is 0.640. The first kappa shape index (κ1) is 13.0. The molecule has 0 atom stereocenters. The summed E-state index contributed by atoms with van der Waals surface area (Å²) in [5.74, 6) is 6.11. The van der Waals surface area contributed by atoms with Crippen molar-refractivity contribution in [2.75, 3.05) is 20.3 Å². The van der Waals surface area contributed by atoms with Crippen molar-refractivity contribution < 1.29 is 4.74 Å². The minimum atomic E-state index is 0.584. The van der Waals surface area contributed by atoms with E-state index in [1.54, 1.807) is 7.11 Å². The largest absolute Gasteiger partial charge is 0.383 e. The lowest BCUT2D eigenvalue weighted by Gasteiger charge is -2.06. The molecule has 0 amide bonds. The van der Waals surface area contributed by atoms with Crippen molar-refractivity contribution in [1.29, 1.82) is 0 Å². The van der Waals surface area contributed by atoms with Gasteiger partial charge in [0.2, 0.25) is 0 Å². The van der Waals surface area contributed by atoms with Crippen molar-refractivity contribution in [2.45, 2.75) is 6.42 Å². The Hall–Kier alpha value is -1.10. The van der Waals surface area contributed by atoms with Crippen LogP contribution in [0.4, 0.5) is 0 Å². The average molecular weight is 242 g/mol. The molecule has 0 saturated heterocycles. The second-order valence-electron chi connectivity index (χ2n) is 3.27. The van der Waals surface area contributed by atoms with Gasteiger partial charge in [-0.2, -0.15) is 0 Å². The monoisotopic (exact) mass is 241 g/mol. The number of ether oxygens (including phenoxy) is 1. The Morgan fingerprint density at radius 1 is 1.56 bits per heavy atom. The van der Waals surface area contributed by atoms with Crippen LogP contribution in [-0.2, 0) is 11.2 Å². The molecule has 0 bridgehead atoms. The van der Waals surface area contributed by atoms with Crippen LogP contribution < -0.4 is 11.3 Å². The van der Waals surface area contributed by atoms with Crippen LogP contribution in [0.1, 0.15) is 5.56 Å². The van der Waals surface area contributed by atoms with Gasteiger partial charge in [-0.15, -0.1) is 0 Å². The molecule has 1 aromatic carbocycles. The Morgan fingerprint density at radius 2 is 2.38 bits per heavy atom. The quantitative estimate of drug-likeness (QED) is 0.269. The van der Waals surface area contributed by atoms with Crippen LogP contribution in [0.25, 0.3) is 0 Å². The van der Waals surface area contributed by atoms with E-state index in [1.165, 1.54) is 0 Å². The maximum absolute atomic E-state index is 5.89.